The second-order valence-corrected chi connectivity index (χ2v) is 8.38. The van der Waals surface area contributed by atoms with Crippen LogP contribution in [0, 0.1) is 19.8 Å². The first-order valence-electron chi connectivity index (χ1n) is 9.81. The van der Waals surface area contributed by atoms with Crippen molar-refractivity contribution in [3.63, 3.8) is 0 Å². The van der Waals surface area contributed by atoms with Crippen LogP contribution in [0.4, 0.5) is 0 Å². The van der Waals surface area contributed by atoms with Gasteiger partial charge in [-0.15, -0.1) is 0 Å². The number of hydrogen-bond donors (Lipinski definition) is 0. The molecule has 27 heavy (non-hydrogen) atoms. The van der Waals surface area contributed by atoms with Gasteiger partial charge in [0.2, 0.25) is 5.91 Å². The Balaban J connectivity index is 1.93. The Bertz CT molecular complexity index is 904. The lowest BCUT2D eigenvalue weighted by molar-refractivity contribution is -0.143. The van der Waals surface area contributed by atoms with Crippen molar-refractivity contribution in [3.8, 4) is 0 Å². The van der Waals surface area contributed by atoms with Gasteiger partial charge in [-0.1, -0.05) is 43.1 Å². The van der Waals surface area contributed by atoms with Gasteiger partial charge in [-0.3, -0.25) is 9.59 Å². The fourth-order valence-corrected chi connectivity index (χ4v) is 4.97. The standard InChI is InChI=1S/C21H28N2O3S/c1-4-26-19(25)13-23-17-12-14(2)11-15(3)20(17)27-21(23)22-18(24)10-9-16-7-5-6-8-16/h11-12,16H,4-10,13H2,1-3H3. The molecule has 2 aromatic rings. The molecule has 5 nitrogen and oxygen atoms in total. The van der Waals surface area contributed by atoms with E-state index in [0.29, 0.717) is 23.7 Å². The van der Waals surface area contributed by atoms with Gasteiger partial charge in [0.15, 0.2) is 4.80 Å². The topological polar surface area (TPSA) is 60.7 Å². The SMILES string of the molecule is CCOC(=O)Cn1c(=NC(=O)CCC2CCCC2)sc2c(C)cc(C)cc21. The third-order valence-electron chi connectivity index (χ3n) is 5.17. The van der Waals surface area contributed by atoms with E-state index in [1.807, 2.05) is 24.5 Å². The van der Waals surface area contributed by atoms with E-state index in [-0.39, 0.29) is 18.4 Å². The van der Waals surface area contributed by atoms with E-state index >= 15 is 0 Å². The van der Waals surface area contributed by atoms with Crippen molar-refractivity contribution in [2.75, 3.05) is 6.61 Å². The van der Waals surface area contributed by atoms with Gasteiger partial charge in [0.05, 0.1) is 16.8 Å². The van der Waals surface area contributed by atoms with Crippen molar-refractivity contribution in [1.82, 2.24) is 4.57 Å². The lowest BCUT2D eigenvalue weighted by atomic mass is 10.0. The third kappa shape index (κ3) is 4.86. The number of thiazole rings is 1. The summed E-state index contributed by atoms with van der Waals surface area (Å²) in [6.07, 6.45) is 6.43. The average molecular weight is 389 g/mol. The second kappa shape index (κ2) is 8.83. The number of hydrogen-bond acceptors (Lipinski definition) is 4. The molecule has 1 aromatic heterocycles. The van der Waals surface area contributed by atoms with Crippen LogP contribution >= 0.6 is 11.3 Å². The summed E-state index contributed by atoms with van der Waals surface area (Å²) in [5, 5.41) is 0. The molecule has 0 unspecified atom stereocenters. The first-order chi connectivity index (χ1) is 13.0. The summed E-state index contributed by atoms with van der Waals surface area (Å²) in [6, 6.07) is 4.15. The molecule has 1 amide bonds. The molecule has 1 aliphatic rings. The molecule has 1 aromatic carbocycles. The van der Waals surface area contributed by atoms with Gasteiger partial charge < -0.3 is 9.30 Å². The Labute approximate surface area is 164 Å². The van der Waals surface area contributed by atoms with Gasteiger partial charge in [-0.05, 0) is 50.3 Å². The Hall–Kier alpha value is -1.95. The summed E-state index contributed by atoms with van der Waals surface area (Å²) in [5.74, 6) is 0.264. The minimum atomic E-state index is -0.309. The van der Waals surface area contributed by atoms with Crippen LogP contribution in [0.5, 0.6) is 0 Å². The maximum Gasteiger partial charge on any atom is 0.326 e. The molecular formula is C21H28N2O3S. The monoisotopic (exact) mass is 388 g/mol. The molecule has 0 aliphatic heterocycles. The number of nitrogens with zero attached hydrogens (tertiary/aromatic N) is 2. The molecule has 0 atom stereocenters. The van der Waals surface area contributed by atoms with E-state index in [4.69, 9.17) is 4.74 Å². The summed E-state index contributed by atoms with van der Waals surface area (Å²) < 4.78 is 8.00. The van der Waals surface area contributed by atoms with Crippen molar-refractivity contribution in [1.29, 1.82) is 0 Å². The summed E-state index contributed by atoms with van der Waals surface area (Å²) in [6.45, 7) is 6.28. The van der Waals surface area contributed by atoms with E-state index < -0.39 is 0 Å². The predicted octanol–water partition coefficient (Wildman–Crippen LogP) is 4.28. The van der Waals surface area contributed by atoms with Crippen molar-refractivity contribution in [2.45, 2.75) is 65.8 Å². The van der Waals surface area contributed by atoms with Crippen LogP contribution in [0.25, 0.3) is 10.2 Å². The van der Waals surface area contributed by atoms with E-state index in [9.17, 15) is 9.59 Å². The molecule has 0 bridgehead atoms. The van der Waals surface area contributed by atoms with E-state index in [0.717, 1.165) is 27.8 Å². The van der Waals surface area contributed by atoms with Gasteiger partial charge >= 0.3 is 5.97 Å². The van der Waals surface area contributed by atoms with Crippen molar-refractivity contribution >= 4 is 33.4 Å². The Kier molecular flexibility index (Phi) is 6.47. The fraction of sp³-hybridized carbons (Fsp3) is 0.571. The largest absolute Gasteiger partial charge is 0.465 e. The quantitative estimate of drug-likeness (QED) is 0.694. The summed E-state index contributed by atoms with van der Waals surface area (Å²) in [7, 11) is 0. The smallest absolute Gasteiger partial charge is 0.326 e. The maximum atomic E-state index is 12.5. The molecule has 0 radical (unpaired) electrons. The molecule has 0 spiro atoms. The summed E-state index contributed by atoms with van der Waals surface area (Å²) >= 11 is 1.47. The third-order valence-corrected chi connectivity index (χ3v) is 6.40. The average Bonchev–Trinajstić information content (AvgIpc) is 3.23. The van der Waals surface area contributed by atoms with Crippen molar-refractivity contribution < 1.29 is 14.3 Å². The molecule has 1 aliphatic carbocycles. The number of aromatic nitrogens is 1. The highest BCUT2D eigenvalue weighted by atomic mass is 32.1. The summed E-state index contributed by atoms with van der Waals surface area (Å²) in [5.41, 5.74) is 3.19. The minimum Gasteiger partial charge on any atom is -0.465 e. The zero-order valence-electron chi connectivity index (χ0n) is 16.4. The highest BCUT2D eigenvalue weighted by Crippen LogP contribution is 2.28. The molecule has 146 valence electrons. The molecule has 1 fully saturated rings. The zero-order chi connectivity index (χ0) is 19.4. The van der Waals surface area contributed by atoms with E-state index in [1.54, 1.807) is 6.92 Å². The Morgan fingerprint density at radius 1 is 1.26 bits per heavy atom. The minimum absolute atomic E-state index is 0.0749. The summed E-state index contributed by atoms with van der Waals surface area (Å²) in [4.78, 5) is 29.5. The maximum absolute atomic E-state index is 12.5. The number of amides is 1. The van der Waals surface area contributed by atoms with Gasteiger partial charge in [0, 0.05) is 6.42 Å². The molecule has 0 saturated heterocycles. The fourth-order valence-electron chi connectivity index (χ4n) is 3.88. The number of aryl methyl sites for hydroxylation is 2. The highest BCUT2D eigenvalue weighted by Gasteiger charge is 2.17. The van der Waals surface area contributed by atoms with Crippen LogP contribution in [0.3, 0.4) is 0 Å². The molecule has 0 N–H and O–H groups in total. The first-order valence-corrected chi connectivity index (χ1v) is 10.6. The molecule has 6 heteroatoms. The van der Waals surface area contributed by atoms with Crippen molar-refractivity contribution in [2.24, 2.45) is 10.9 Å². The first kappa shape index (κ1) is 19.8. The van der Waals surface area contributed by atoms with E-state index in [2.05, 4.69) is 11.1 Å². The van der Waals surface area contributed by atoms with Crippen LogP contribution in [0.1, 0.15) is 56.6 Å². The number of esters is 1. The van der Waals surface area contributed by atoms with E-state index in [1.165, 1.54) is 37.0 Å². The van der Waals surface area contributed by atoms with Crippen LogP contribution in [0.15, 0.2) is 17.1 Å². The highest BCUT2D eigenvalue weighted by molar-refractivity contribution is 7.16. The Morgan fingerprint density at radius 3 is 2.70 bits per heavy atom. The predicted molar refractivity (Wildman–Crippen MR) is 108 cm³/mol. The second-order valence-electron chi connectivity index (χ2n) is 7.40. The van der Waals surface area contributed by atoms with Crippen LogP contribution < -0.4 is 4.80 Å². The van der Waals surface area contributed by atoms with Gasteiger partial charge in [-0.2, -0.15) is 4.99 Å². The zero-order valence-corrected chi connectivity index (χ0v) is 17.2. The van der Waals surface area contributed by atoms with Crippen molar-refractivity contribution in [3.05, 3.63) is 28.1 Å². The van der Waals surface area contributed by atoms with Gasteiger partial charge in [-0.25, -0.2) is 0 Å². The number of rotatable bonds is 6. The normalized spacial score (nSPS) is 15.6. The number of carbonyl (C=O) groups is 2. The molecule has 1 saturated carbocycles. The molecule has 1 heterocycles. The van der Waals surface area contributed by atoms with Crippen LogP contribution in [-0.4, -0.2) is 23.1 Å². The molecular weight excluding hydrogens is 360 g/mol. The number of ether oxygens (including phenoxy) is 1. The van der Waals surface area contributed by atoms with Gasteiger partial charge in [0.25, 0.3) is 0 Å². The number of carbonyl (C=O) groups excluding carboxylic acids is 2. The number of benzene rings is 1. The lowest BCUT2D eigenvalue weighted by Crippen LogP contribution is -2.23. The van der Waals surface area contributed by atoms with Gasteiger partial charge in [0.1, 0.15) is 6.54 Å². The Morgan fingerprint density at radius 2 is 2.00 bits per heavy atom. The van der Waals surface area contributed by atoms with Crippen LogP contribution in [-0.2, 0) is 20.9 Å². The lowest BCUT2D eigenvalue weighted by Gasteiger charge is -2.07. The number of fused-ring (bicyclic) bond motifs is 1. The molecule has 3 rings (SSSR count). The van der Waals surface area contributed by atoms with Crippen LogP contribution in [0.2, 0.25) is 0 Å².